The molecule has 5 nitrogen and oxygen atoms in total. The lowest BCUT2D eigenvalue weighted by atomic mass is 10.2. The van der Waals surface area contributed by atoms with E-state index in [4.69, 9.17) is 4.74 Å². The smallest absolute Gasteiger partial charge is 0.407 e. The molecule has 3 N–H and O–H groups in total. The van der Waals surface area contributed by atoms with Crippen molar-refractivity contribution in [3.8, 4) is 0 Å². The molecule has 106 valence electrons. The zero-order valence-corrected chi connectivity index (χ0v) is 11.8. The predicted octanol–water partition coefficient (Wildman–Crippen LogP) is 1.26. The Morgan fingerprint density at radius 3 is 2.50 bits per heavy atom. The number of hydrogen-bond donors (Lipinski definition) is 3. The van der Waals surface area contributed by atoms with Crippen LogP contribution in [0.1, 0.15) is 40.5 Å². The van der Waals surface area contributed by atoms with E-state index in [0.717, 1.165) is 12.8 Å². The Hall–Kier alpha value is -0.810. The van der Waals surface area contributed by atoms with E-state index >= 15 is 0 Å². The fourth-order valence-corrected chi connectivity index (χ4v) is 1.59. The summed E-state index contributed by atoms with van der Waals surface area (Å²) in [6.07, 6.45) is 1.61. The Bertz CT molecular complexity index is 272. The van der Waals surface area contributed by atoms with Crippen LogP contribution in [0.5, 0.6) is 0 Å². The van der Waals surface area contributed by atoms with Gasteiger partial charge in [0.05, 0.1) is 6.10 Å². The third kappa shape index (κ3) is 6.81. The highest BCUT2D eigenvalue weighted by atomic mass is 16.6. The van der Waals surface area contributed by atoms with Gasteiger partial charge in [0.1, 0.15) is 5.60 Å². The van der Waals surface area contributed by atoms with E-state index in [1.807, 2.05) is 27.7 Å². The highest BCUT2D eigenvalue weighted by Gasteiger charge is 2.29. The lowest BCUT2D eigenvalue weighted by molar-refractivity contribution is 0.0522. The van der Waals surface area contributed by atoms with Gasteiger partial charge in [0, 0.05) is 19.1 Å². The number of carbonyl (C=O) groups is 1. The van der Waals surface area contributed by atoms with Gasteiger partial charge < -0.3 is 20.5 Å². The number of hydrogen-bond acceptors (Lipinski definition) is 4. The fourth-order valence-electron chi connectivity index (χ4n) is 1.59. The Balaban J connectivity index is 2.08. The van der Waals surface area contributed by atoms with Crippen LogP contribution in [0, 0.1) is 5.92 Å². The van der Waals surface area contributed by atoms with E-state index in [9.17, 15) is 9.90 Å². The topological polar surface area (TPSA) is 70.6 Å². The largest absolute Gasteiger partial charge is 0.444 e. The van der Waals surface area contributed by atoms with Gasteiger partial charge in [-0.1, -0.05) is 0 Å². The van der Waals surface area contributed by atoms with Gasteiger partial charge in [-0.3, -0.25) is 0 Å². The summed E-state index contributed by atoms with van der Waals surface area (Å²) in [6, 6.07) is 0.117. The zero-order chi connectivity index (χ0) is 13.8. The number of carbonyl (C=O) groups excluding carboxylic acids is 1. The van der Waals surface area contributed by atoms with Crippen LogP contribution in [0.15, 0.2) is 0 Å². The first-order valence-electron chi connectivity index (χ1n) is 6.66. The van der Waals surface area contributed by atoms with Crippen LogP contribution in [0.3, 0.4) is 0 Å². The van der Waals surface area contributed by atoms with E-state index in [1.165, 1.54) is 0 Å². The van der Waals surface area contributed by atoms with Gasteiger partial charge >= 0.3 is 6.09 Å². The fraction of sp³-hybridized carbons (Fsp3) is 0.923. The second-order valence-corrected chi connectivity index (χ2v) is 6.10. The van der Waals surface area contributed by atoms with Crippen molar-refractivity contribution < 1.29 is 14.6 Å². The van der Waals surface area contributed by atoms with E-state index in [1.54, 1.807) is 0 Å². The van der Waals surface area contributed by atoms with Crippen LogP contribution in [0.4, 0.5) is 4.79 Å². The van der Waals surface area contributed by atoms with Crippen molar-refractivity contribution in [1.29, 1.82) is 0 Å². The summed E-state index contributed by atoms with van der Waals surface area (Å²) in [5.41, 5.74) is -0.469. The van der Waals surface area contributed by atoms with Crippen LogP contribution in [0.25, 0.3) is 0 Å². The zero-order valence-electron chi connectivity index (χ0n) is 11.8. The SMILES string of the molecule is CC(CNC(=O)OC(C)(C)C)NCC(O)C1CC1. The van der Waals surface area contributed by atoms with E-state index in [0.29, 0.717) is 19.0 Å². The van der Waals surface area contributed by atoms with E-state index < -0.39 is 11.7 Å². The molecule has 0 radical (unpaired) electrons. The predicted molar refractivity (Wildman–Crippen MR) is 70.4 cm³/mol. The van der Waals surface area contributed by atoms with Gasteiger partial charge in [0.15, 0.2) is 0 Å². The molecule has 5 heteroatoms. The highest BCUT2D eigenvalue weighted by molar-refractivity contribution is 5.67. The summed E-state index contributed by atoms with van der Waals surface area (Å²) >= 11 is 0. The summed E-state index contributed by atoms with van der Waals surface area (Å²) in [7, 11) is 0. The number of nitrogens with one attached hydrogen (secondary N) is 2. The third-order valence-corrected chi connectivity index (χ3v) is 2.79. The maximum absolute atomic E-state index is 11.4. The van der Waals surface area contributed by atoms with Crippen molar-refractivity contribution >= 4 is 6.09 Å². The molecule has 1 aliphatic rings. The number of alkyl carbamates (subject to hydrolysis) is 1. The highest BCUT2D eigenvalue weighted by Crippen LogP contribution is 2.32. The van der Waals surface area contributed by atoms with Crippen LogP contribution < -0.4 is 10.6 Å². The first-order chi connectivity index (χ1) is 8.28. The average molecular weight is 258 g/mol. The molecule has 1 amide bonds. The quantitative estimate of drug-likeness (QED) is 0.671. The Morgan fingerprint density at radius 2 is 2.00 bits per heavy atom. The molecule has 0 bridgehead atoms. The molecule has 1 rings (SSSR count). The van der Waals surface area contributed by atoms with Crippen LogP contribution in [-0.4, -0.2) is 42.0 Å². The van der Waals surface area contributed by atoms with Crippen molar-refractivity contribution in [3.63, 3.8) is 0 Å². The first-order valence-corrected chi connectivity index (χ1v) is 6.66. The second-order valence-electron chi connectivity index (χ2n) is 6.10. The van der Waals surface area contributed by atoms with Crippen molar-refractivity contribution in [2.45, 2.75) is 58.3 Å². The summed E-state index contributed by atoms with van der Waals surface area (Å²) in [6.45, 7) is 8.55. The van der Waals surface area contributed by atoms with Gasteiger partial charge in [-0.25, -0.2) is 4.79 Å². The van der Waals surface area contributed by atoms with E-state index in [2.05, 4.69) is 10.6 Å². The summed E-state index contributed by atoms with van der Waals surface area (Å²) < 4.78 is 5.13. The molecule has 0 aromatic carbocycles. The third-order valence-electron chi connectivity index (χ3n) is 2.79. The normalized spacial score (nSPS) is 19.2. The Kier molecular flexibility index (Phi) is 5.41. The van der Waals surface area contributed by atoms with E-state index in [-0.39, 0.29) is 12.1 Å². The van der Waals surface area contributed by atoms with Gasteiger partial charge in [0.25, 0.3) is 0 Å². The monoisotopic (exact) mass is 258 g/mol. The molecule has 2 unspecified atom stereocenters. The Labute approximate surface area is 109 Å². The molecule has 0 aliphatic heterocycles. The van der Waals surface area contributed by atoms with Crippen molar-refractivity contribution in [3.05, 3.63) is 0 Å². The molecule has 2 atom stereocenters. The Morgan fingerprint density at radius 1 is 1.39 bits per heavy atom. The summed E-state index contributed by atoms with van der Waals surface area (Å²) in [5.74, 6) is 0.475. The lowest BCUT2D eigenvalue weighted by Gasteiger charge is -2.21. The van der Waals surface area contributed by atoms with Crippen molar-refractivity contribution in [1.82, 2.24) is 10.6 Å². The van der Waals surface area contributed by atoms with Crippen LogP contribution in [-0.2, 0) is 4.74 Å². The second kappa shape index (κ2) is 6.38. The van der Waals surface area contributed by atoms with Crippen molar-refractivity contribution in [2.24, 2.45) is 5.92 Å². The molecule has 1 saturated carbocycles. The van der Waals surface area contributed by atoms with Crippen LogP contribution >= 0.6 is 0 Å². The standard InChI is InChI=1S/C13H26N2O3/c1-9(14-8-11(16)10-5-6-10)7-15-12(17)18-13(2,3)4/h9-11,14,16H,5-8H2,1-4H3,(H,15,17). The maximum atomic E-state index is 11.4. The minimum atomic E-state index is -0.469. The average Bonchev–Trinajstić information content (AvgIpc) is 3.04. The minimum Gasteiger partial charge on any atom is -0.444 e. The summed E-state index contributed by atoms with van der Waals surface area (Å²) in [4.78, 5) is 11.4. The van der Waals surface area contributed by atoms with Gasteiger partial charge in [-0.2, -0.15) is 0 Å². The summed E-state index contributed by atoms with van der Waals surface area (Å²) in [5, 5.41) is 15.6. The molecular formula is C13H26N2O3. The first kappa shape index (κ1) is 15.2. The lowest BCUT2D eigenvalue weighted by Crippen LogP contribution is -2.43. The molecule has 1 fully saturated rings. The molecule has 18 heavy (non-hydrogen) atoms. The van der Waals surface area contributed by atoms with Crippen LogP contribution in [0.2, 0.25) is 0 Å². The van der Waals surface area contributed by atoms with Gasteiger partial charge in [0.2, 0.25) is 0 Å². The molecular weight excluding hydrogens is 232 g/mol. The number of rotatable bonds is 6. The number of ether oxygens (including phenoxy) is 1. The van der Waals surface area contributed by atoms with Gasteiger partial charge in [-0.15, -0.1) is 0 Å². The minimum absolute atomic E-state index is 0.117. The number of amides is 1. The van der Waals surface area contributed by atoms with Crippen molar-refractivity contribution in [2.75, 3.05) is 13.1 Å². The molecule has 0 aromatic rings. The maximum Gasteiger partial charge on any atom is 0.407 e. The number of aliphatic hydroxyl groups excluding tert-OH is 1. The molecule has 0 spiro atoms. The number of aliphatic hydroxyl groups is 1. The van der Waals surface area contributed by atoms with Gasteiger partial charge in [-0.05, 0) is 46.5 Å². The molecule has 0 saturated heterocycles. The molecule has 0 aromatic heterocycles. The molecule has 0 heterocycles. The molecule has 1 aliphatic carbocycles.